The van der Waals surface area contributed by atoms with Crippen LogP contribution in [0.15, 0.2) is 79.8 Å². The normalized spacial score (nSPS) is 11.7. The number of benzene rings is 6. The highest BCUT2D eigenvalue weighted by atomic mass is 16.5. The molecule has 6 rings (SSSR count). The molecule has 6 aromatic carbocycles. The molecule has 6 aromatic rings. The van der Waals surface area contributed by atoms with Crippen molar-refractivity contribution < 1.29 is 9.47 Å². The second-order valence-electron chi connectivity index (χ2n) is 8.20. The molecule has 0 heterocycles. The molecule has 0 atom stereocenters. The number of ether oxygens (including phenoxy) is 2. The van der Waals surface area contributed by atoms with Crippen molar-refractivity contribution in [2.45, 2.75) is 0 Å². The Bertz CT molecular complexity index is 1920. The highest BCUT2D eigenvalue weighted by Gasteiger charge is 2.20. The van der Waals surface area contributed by atoms with E-state index in [1.165, 1.54) is 38.5 Å². The third-order valence-electron chi connectivity index (χ3n) is 6.54. The maximum Gasteiger partial charge on any atom is 0.187 e. The van der Waals surface area contributed by atoms with Crippen molar-refractivity contribution in [2.75, 3.05) is 14.2 Å². The Labute approximate surface area is 190 Å². The average Bonchev–Trinajstić information content (AvgIpc) is 2.86. The number of hydrogen-bond donors (Lipinski definition) is 0. The lowest BCUT2D eigenvalue weighted by Crippen LogP contribution is -2.11. The smallest absolute Gasteiger partial charge is 0.187 e. The minimum absolute atomic E-state index is 0.253. The average molecular weight is 448 g/mol. The molecule has 0 N–H and O–H groups in total. The van der Waals surface area contributed by atoms with Gasteiger partial charge >= 0.3 is 0 Å². The van der Waals surface area contributed by atoms with Crippen LogP contribution in [0.25, 0.3) is 53.9 Å². The van der Waals surface area contributed by atoms with Crippen molar-refractivity contribution in [1.29, 1.82) is 0 Å². The maximum absolute atomic E-state index is 13.1. The first-order valence-corrected chi connectivity index (χ1v) is 10.6. The molecule has 0 radical (unpaired) electrons. The van der Waals surface area contributed by atoms with Gasteiger partial charge in [0.2, 0.25) is 0 Å². The molecule has 6 heteroatoms. The van der Waals surface area contributed by atoms with Crippen LogP contribution in [-0.4, -0.2) is 14.2 Å². The summed E-state index contributed by atoms with van der Waals surface area (Å²) >= 11 is 0. The topological polar surface area (TPSA) is 86.7 Å². The van der Waals surface area contributed by atoms with Crippen LogP contribution < -0.4 is 31.2 Å². The summed E-state index contributed by atoms with van der Waals surface area (Å²) in [7, 11) is 3.06. The van der Waals surface area contributed by atoms with Gasteiger partial charge in [-0.3, -0.25) is 19.2 Å². The standard InChI is InChI=1S/C28H16O6/c1-33-22-11-13-12-23(34-2)17-6-4-15-19(30)8-10-21(32)26(15)28(17)24(13)27-16(22)5-3-14-18(29)7-9-20(31)25(14)27/h3-12H,1-2H3. The molecule has 0 bridgehead atoms. The second kappa shape index (κ2) is 6.96. The SMILES string of the molecule is COc1cc2cc(OC)c3ccc4c(=O)ccc(=O)c4c3c2c2c1ccc1c(=O)ccc(=O)c12. The lowest BCUT2D eigenvalue weighted by Gasteiger charge is -2.16. The third-order valence-corrected chi connectivity index (χ3v) is 6.54. The molecular formula is C28H16O6. The predicted octanol–water partition coefficient (Wildman–Crippen LogP) is 3.79. The van der Waals surface area contributed by atoms with Gasteiger partial charge in [0.15, 0.2) is 21.7 Å². The molecule has 0 saturated heterocycles. The molecule has 0 aliphatic rings. The fourth-order valence-corrected chi connectivity index (χ4v) is 5.08. The second-order valence-corrected chi connectivity index (χ2v) is 8.20. The molecular weight excluding hydrogens is 432 g/mol. The number of hydrogen-bond acceptors (Lipinski definition) is 6. The Morgan fingerprint density at radius 3 is 1.24 bits per heavy atom. The van der Waals surface area contributed by atoms with Crippen molar-refractivity contribution >= 4 is 53.9 Å². The zero-order valence-electron chi connectivity index (χ0n) is 18.2. The van der Waals surface area contributed by atoms with Gasteiger partial charge in [0.25, 0.3) is 0 Å². The largest absolute Gasteiger partial charge is 0.496 e. The van der Waals surface area contributed by atoms with Gasteiger partial charge in [-0.25, -0.2) is 0 Å². The van der Waals surface area contributed by atoms with Crippen molar-refractivity contribution in [3.8, 4) is 11.5 Å². The van der Waals surface area contributed by atoms with E-state index in [9.17, 15) is 19.2 Å². The summed E-state index contributed by atoms with van der Waals surface area (Å²) in [5.41, 5.74) is -1.18. The molecule has 164 valence electrons. The van der Waals surface area contributed by atoms with Crippen LogP contribution in [0.1, 0.15) is 0 Å². The van der Waals surface area contributed by atoms with E-state index in [1.807, 2.05) is 0 Å². The number of fused-ring (bicyclic) bond motifs is 9. The zero-order valence-corrected chi connectivity index (χ0v) is 18.2. The van der Waals surface area contributed by atoms with E-state index in [1.54, 1.807) is 36.4 Å². The Hall–Kier alpha value is -4.58. The first-order chi connectivity index (χ1) is 16.4. The summed E-state index contributed by atoms with van der Waals surface area (Å²) in [5, 5.41) is 4.57. The summed E-state index contributed by atoms with van der Waals surface area (Å²) in [5.74, 6) is 1.02. The van der Waals surface area contributed by atoms with Crippen molar-refractivity contribution in [3.05, 3.63) is 102 Å². The number of methoxy groups -OCH3 is 2. The minimum atomic E-state index is -0.314. The van der Waals surface area contributed by atoms with Crippen LogP contribution in [0.3, 0.4) is 0 Å². The van der Waals surface area contributed by atoms with Crippen molar-refractivity contribution in [3.63, 3.8) is 0 Å². The van der Waals surface area contributed by atoms with Crippen LogP contribution in [-0.2, 0) is 0 Å². The fraction of sp³-hybridized carbons (Fsp3) is 0.0714. The first kappa shape index (κ1) is 20.1. The monoisotopic (exact) mass is 448 g/mol. The van der Waals surface area contributed by atoms with Crippen molar-refractivity contribution in [2.24, 2.45) is 0 Å². The van der Waals surface area contributed by atoms with E-state index in [-0.39, 0.29) is 43.3 Å². The van der Waals surface area contributed by atoms with E-state index in [0.717, 1.165) is 0 Å². The maximum atomic E-state index is 13.1. The Balaban J connectivity index is 2.13. The molecule has 0 aliphatic heterocycles. The van der Waals surface area contributed by atoms with Gasteiger partial charge in [0, 0.05) is 43.1 Å². The van der Waals surface area contributed by atoms with Gasteiger partial charge in [0.05, 0.1) is 14.2 Å². The molecule has 0 fully saturated rings. The van der Waals surface area contributed by atoms with Gasteiger partial charge in [-0.05, 0) is 71.4 Å². The number of rotatable bonds is 2. The van der Waals surface area contributed by atoms with Crippen LogP contribution >= 0.6 is 0 Å². The molecule has 0 unspecified atom stereocenters. The summed E-state index contributed by atoms with van der Waals surface area (Å²) < 4.78 is 11.3. The Morgan fingerprint density at radius 2 is 0.824 bits per heavy atom. The Morgan fingerprint density at radius 1 is 0.441 bits per heavy atom. The highest BCUT2D eigenvalue weighted by Crippen LogP contribution is 2.44. The first-order valence-electron chi connectivity index (χ1n) is 10.6. The van der Waals surface area contributed by atoms with E-state index < -0.39 is 0 Å². The summed E-state index contributed by atoms with van der Waals surface area (Å²) in [6, 6.07) is 15.4. The van der Waals surface area contributed by atoms with Gasteiger partial charge < -0.3 is 9.47 Å². The lowest BCUT2D eigenvalue weighted by atomic mass is 9.89. The van der Waals surface area contributed by atoms with Gasteiger partial charge in [-0.2, -0.15) is 0 Å². The zero-order chi connectivity index (χ0) is 23.7. The molecule has 0 aromatic heterocycles. The lowest BCUT2D eigenvalue weighted by molar-refractivity contribution is 0.419. The summed E-state index contributed by atoms with van der Waals surface area (Å²) in [4.78, 5) is 51.5. The molecule has 0 spiro atoms. The minimum Gasteiger partial charge on any atom is -0.496 e. The van der Waals surface area contributed by atoms with E-state index >= 15 is 0 Å². The quantitative estimate of drug-likeness (QED) is 0.375. The highest BCUT2D eigenvalue weighted by molar-refractivity contribution is 6.33. The molecule has 0 aliphatic carbocycles. The van der Waals surface area contributed by atoms with Crippen molar-refractivity contribution in [1.82, 2.24) is 0 Å². The van der Waals surface area contributed by atoms with Gasteiger partial charge in [-0.1, -0.05) is 0 Å². The molecule has 0 amide bonds. The van der Waals surface area contributed by atoms with E-state index in [0.29, 0.717) is 43.8 Å². The predicted molar refractivity (Wildman–Crippen MR) is 135 cm³/mol. The van der Waals surface area contributed by atoms with E-state index in [4.69, 9.17) is 9.47 Å². The molecule has 34 heavy (non-hydrogen) atoms. The van der Waals surface area contributed by atoms with Crippen LogP contribution in [0, 0.1) is 0 Å². The van der Waals surface area contributed by atoms with Gasteiger partial charge in [0.1, 0.15) is 11.5 Å². The Kier molecular flexibility index (Phi) is 4.10. The third kappa shape index (κ3) is 2.50. The summed E-state index contributed by atoms with van der Waals surface area (Å²) in [6.45, 7) is 0. The van der Waals surface area contributed by atoms with Crippen LogP contribution in [0.2, 0.25) is 0 Å². The fourth-order valence-electron chi connectivity index (χ4n) is 5.08. The molecule has 6 nitrogen and oxygen atoms in total. The summed E-state index contributed by atoms with van der Waals surface area (Å²) in [6.07, 6.45) is 0. The molecule has 0 saturated carbocycles. The van der Waals surface area contributed by atoms with Gasteiger partial charge in [-0.15, -0.1) is 0 Å². The van der Waals surface area contributed by atoms with E-state index in [2.05, 4.69) is 0 Å². The van der Waals surface area contributed by atoms with Crippen LogP contribution in [0.4, 0.5) is 0 Å². The van der Waals surface area contributed by atoms with Crippen LogP contribution in [0.5, 0.6) is 11.5 Å².